The lowest BCUT2D eigenvalue weighted by atomic mass is 10.1. The highest BCUT2D eigenvalue weighted by molar-refractivity contribution is 8.18. The van der Waals surface area contributed by atoms with Gasteiger partial charge in [-0.2, -0.15) is 0 Å². The number of hydrogen-bond acceptors (Lipinski definition) is 5. The summed E-state index contributed by atoms with van der Waals surface area (Å²) >= 11 is 0.917. The minimum atomic E-state index is -0.321. The summed E-state index contributed by atoms with van der Waals surface area (Å²) in [7, 11) is 0. The quantitative estimate of drug-likeness (QED) is 0.456. The molecule has 1 aliphatic heterocycles. The first-order chi connectivity index (χ1) is 16.4. The van der Waals surface area contributed by atoms with Crippen molar-refractivity contribution in [2.45, 2.75) is 20.4 Å². The third-order valence-electron chi connectivity index (χ3n) is 5.37. The average Bonchev–Trinajstić information content (AvgIpc) is 3.08. The van der Waals surface area contributed by atoms with Crippen LogP contribution in [0.15, 0.2) is 77.7 Å². The Balaban J connectivity index is 1.38. The van der Waals surface area contributed by atoms with Crippen molar-refractivity contribution >= 4 is 40.6 Å². The van der Waals surface area contributed by atoms with Crippen LogP contribution in [0.1, 0.15) is 22.3 Å². The monoisotopic (exact) mass is 472 g/mol. The highest BCUT2D eigenvalue weighted by Crippen LogP contribution is 2.33. The largest absolute Gasteiger partial charge is 0.484 e. The summed E-state index contributed by atoms with van der Waals surface area (Å²) in [6, 6.07) is 22.2. The highest BCUT2D eigenvalue weighted by atomic mass is 32.2. The molecule has 1 saturated heterocycles. The van der Waals surface area contributed by atoms with Gasteiger partial charge in [0.1, 0.15) is 5.75 Å². The zero-order valence-corrected chi connectivity index (χ0v) is 19.7. The van der Waals surface area contributed by atoms with E-state index in [1.807, 2.05) is 68.4 Å². The molecule has 172 valence electrons. The first-order valence-corrected chi connectivity index (χ1v) is 11.6. The van der Waals surface area contributed by atoms with E-state index >= 15 is 0 Å². The third-order valence-corrected chi connectivity index (χ3v) is 6.28. The SMILES string of the molecule is Cc1ccc(NC(=O)COc2cccc(/C=C3\SC(=O)N(Cc4ccccc4)C3=O)c2)cc1C. The lowest BCUT2D eigenvalue weighted by Crippen LogP contribution is -2.27. The number of amides is 3. The number of nitrogens with one attached hydrogen (secondary N) is 1. The molecule has 3 aromatic carbocycles. The summed E-state index contributed by atoms with van der Waals surface area (Å²) in [4.78, 5) is 39.0. The molecule has 3 amide bonds. The van der Waals surface area contributed by atoms with Crippen LogP contribution >= 0.6 is 11.8 Å². The molecule has 7 heteroatoms. The maximum absolute atomic E-state index is 12.8. The Morgan fingerprint density at radius 3 is 2.53 bits per heavy atom. The van der Waals surface area contributed by atoms with Crippen LogP contribution in [-0.4, -0.2) is 28.6 Å². The standard InChI is InChI=1S/C27H24N2O4S/c1-18-11-12-22(13-19(18)2)28-25(30)17-33-23-10-6-9-21(14-23)15-24-26(31)29(27(32)34-24)16-20-7-4-3-5-8-20/h3-15H,16-17H2,1-2H3,(H,28,30)/b24-15-. The van der Waals surface area contributed by atoms with Crippen LogP contribution < -0.4 is 10.1 Å². The first kappa shape index (κ1) is 23.3. The lowest BCUT2D eigenvalue weighted by molar-refractivity contribution is -0.123. The molecule has 3 aromatic rings. The molecule has 0 spiro atoms. The van der Waals surface area contributed by atoms with Gasteiger partial charge in [0.25, 0.3) is 17.1 Å². The molecule has 0 unspecified atom stereocenters. The van der Waals surface area contributed by atoms with Gasteiger partial charge in [-0.3, -0.25) is 19.3 Å². The Hall–Kier alpha value is -3.84. The van der Waals surface area contributed by atoms with Crippen molar-refractivity contribution in [2.75, 3.05) is 11.9 Å². The number of benzene rings is 3. The second kappa shape index (κ2) is 10.4. The minimum absolute atomic E-state index is 0.149. The molecule has 0 radical (unpaired) electrons. The maximum atomic E-state index is 12.8. The number of aryl methyl sites for hydroxylation is 2. The number of imide groups is 1. The molecule has 0 aliphatic carbocycles. The predicted molar refractivity (Wildman–Crippen MR) is 134 cm³/mol. The van der Waals surface area contributed by atoms with Crippen LogP contribution in [0.5, 0.6) is 5.75 Å². The number of rotatable bonds is 7. The van der Waals surface area contributed by atoms with E-state index < -0.39 is 0 Å². The van der Waals surface area contributed by atoms with Crippen LogP contribution in [0.25, 0.3) is 6.08 Å². The molecule has 4 rings (SSSR count). The minimum Gasteiger partial charge on any atom is -0.484 e. The Kier molecular flexibility index (Phi) is 7.13. The molecule has 6 nitrogen and oxygen atoms in total. The van der Waals surface area contributed by atoms with Crippen LogP contribution in [0, 0.1) is 13.8 Å². The molecule has 0 saturated carbocycles. The number of nitrogens with zero attached hydrogens (tertiary/aromatic N) is 1. The number of carbonyl (C=O) groups is 3. The molecule has 0 aromatic heterocycles. The lowest BCUT2D eigenvalue weighted by Gasteiger charge is -2.12. The molecule has 1 N–H and O–H groups in total. The molecule has 0 bridgehead atoms. The zero-order valence-electron chi connectivity index (χ0n) is 18.9. The van der Waals surface area contributed by atoms with E-state index in [-0.39, 0.29) is 30.2 Å². The highest BCUT2D eigenvalue weighted by Gasteiger charge is 2.34. The van der Waals surface area contributed by atoms with Crippen molar-refractivity contribution in [3.05, 3.63) is 100.0 Å². The Morgan fingerprint density at radius 2 is 1.76 bits per heavy atom. The molecule has 0 atom stereocenters. The summed E-state index contributed by atoms with van der Waals surface area (Å²) in [5.74, 6) is -0.0962. The van der Waals surface area contributed by atoms with Crippen molar-refractivity contribution in [1.82, 2.24) is 4.90 Å². The number of carbonyl (C=O) groups excluding carboxylic acids is 3. The summed E-state index contributed by atoms with van der Waals surface area (Å²) in [6.45, 7) is 4.09. The van der Waals surface area contributed by atoms with Gasteiger partial charge in [0.2, 0.25) is 0 Å². The van der Waals surface area contributed by atoms with Crippen molar-refractivity contribution < 1.29 is 19.1 Å². The van der Waals surface area contributed by atoms with Crippen molar-refractivity contribution in [3.8, 4) is 5.75 Å². The van der Waals surface area contributed by atoms with E-state index in [2.05, 4.69) is 5.32 Å². The zero-order chi connectivity index (χ0) is 24.1. The van der Waals surface area contributed by atoms with Gasteiger partial charge in [0, 0.05) is 5.69 Å². The van der Waals surface area contributed by atoms with Crippen LogP contribution in [0.2, 0.25) is 0 Å². The van der Waals surface area contributed by atoms with E-state index in [1.165, 1.54) is 4.90 Å². The van der Waals surface area contributed by atoms with Crippen LogP contribution in [-0.2, 0) is 16.1 Å². The normalized spacial score (nSPS) is 14.5. The average molecular weight is 473 g/mol. The van der Waals surface area contributed by atoms with Crippen molar-refractivity contribution in [2.24, 2.45) is 0 Å². The maximum Gasteiger partial charge on any atom is 0.293 e. The number of hydrogen-bond donors (Lipinski definition) is 1. The Morgan fingerprint density at radius 1 is 0.971 bits per heavy atom. The fraction of sp³-hybridized carbons (Fsp3) is 0.148. The number of anilines is 1. The summed E-state index contributed by atoms with van der Waals surface area (Å²) < 4.78 is 5.64. The second-order valence-electron chi connectivity index (χ2n) is 7.96. The molecular weight excluding hydrogens is 448 g/mol. The Labute approximate surface area is 202 Å². The van der Waals surface area contributed by atoms with Crippen LogP contribution in [0.3, 0.4) is 0 Å². The fourth-order valence-corrected chi connectivity index (χ4v) is 4.25. The Bertz CT molecular complexity index is 1270. The van der Waals surface area contributed by atoms with Crippen molar-refractivity contribution in [1.29, 1.82) is 0 Å². The summed E-state index contributed by atoms with van der Waals surface area (Å²) in [6.07, 6.45) is 1.66. The summed E-state index contributed by atoms with van der Waals surface area (Å²) in [5, 5.41) is 2.53. The molecule has 1 aliphatic rings. The van der Waals surface area contributed by atoms with E-state index in [0.717, 1.165) is 34.1 Å². The molecular formula is C27H24N2O4S. The third kappa shape index (κ3) is 5.74. The van der Waals surface area contributed by atoms with Gasteiger partial charge in [-0.15, -0.1) is 0 Å². The van der Waals surface area contributed by atoms with Gasteiger partial charge >= 0.3 is 0 Å². The smallest absolute Gasteiger partial charge is 0.293 e. The van der Waals surface area contributed by atoms with E-state index in [4.69, 9.17) is 4.74 Å². The van der Waals surface area contributed by atoms with Gasteiger partial charge in [0.15, 0.2) is 6.61 Å². The number of thioether (sulfide) groups is 1. The van der Waals surface area contributed by atoms with E-state index in [9.17, 15) is 14.4 Å². The molecule has 1 heterocycles. The predicted octanol–water partition coefficient (Wildman–Crippen LogP) is 5.56. The first-order valence-electron chi connectivity index (χ1n) is 10.8. The van der Waals surface area contributed by atoms with Gasteiger partial charge in [-0.1, -0.05) is 48.5 Å². The van der Waals surface area contributed by atoms with Crippen LogP contribution in [0.4, 0.5) is 10.5 Å². The van der Waals surface area contributed by atoms with E-state index in [1.54, 1.807) is 24.3 Å². The second-order valence-corrected chi connectivity index (χ2v) is 8.96. The topological polar surface area (TPSA) is 75.7 Å². The number of ether oxygens (including phenoxy) is 1. The van der Waals surface area contributed by atoms with E-state index in [0.29, 0.717) is 16.2 Å². The van der Waals surface area contributed by atoms with Gasteiger partial charge < -0.3 is 10.1 Å². The molecule has 1 fully saturated rings. The fourth-order valence-electron chi connectivity index (χ4n) is 3.41. The van der Waals surface area contributed by atoms with Gasteiger partial charge in [-0.25, -0.2) is 0 Å². The van der Waals surface area contributed by atoms with Gasteiger partial charge in [-0.05, 0) is 78.2 Å². The molecule has 34 heavy (non-hydrogen) atoms. The van der Waals surface area contributed by atoms with Gasteiger partial charge in [0.05, 0.1) is 11.4 Å². The summed E-state index contributed by atoms with van der Waals surface area (Å²) in [5.41, 5.74) is 4.57. The van der Waals surface area contributed by atoms with Crippen molar-refractivity contribution in [3.63, 3.8) is 0 Å².